The smallest absolute Gasteiger partial charge is 0.170 e. The Hall–Kier alpha value is -1.23. The van der Waals surface area contributed by atoms with Crippen LogP contribution in [0.2, 0.25) is 0 Å². The van der Waals surface area contributed by atoms with Crippen LogP contribution in [-0.2, 0) is 0 Å². The Bertz CT molecular complexity index is 437. The van der Waals surface area contributed by atoms with Gasteiger partial charge in [-0.25, -0.2) is 9.50 Å². The van der Waals surface area contributed by atoms with Gasteiger partial charge in [0.1, 0.15) is 10.3 Å². The number of nitrogens with zero attached hydrogens (tertiary/aromatic N) is 3. The molecule has 0 aliphatic rings. The lowest BCUT2D eigenvalue weighted by molar-refractivity contribution is 0.111. The van der Waals surface area contributed by atoms with Crippen LogP contribution >= 0.6 is 15.9 Å². The molecule has 60 valence electrons. The Morgan fingerprint density at radius 2 is 2.33 bits per heavy atom. The molecule has 0 radical (unpaired) electrons. The molecule has 2 rings (SSSR count). The first-order valence-corrected chi connectivity index (χ1v) is 4.06. The van der Waals surface area contributed by atoms with Crippen LogP contribution in [0.5, 0.6) is 0 Å². The average molecular weight is 226 g/mol. The second-order valence-corrected chi connectivity index (χ2v) is 3.04. The van der Waals surface area contributed by atoms with Gasteiger partial charge in [0.05, 0.1) is 6.20 Å². The van der Waals surface area contributed by atoms with E-state index in [-0.39, 0.29) is 0 Å². The van der Waals surface area contributed by atoms with Gasteiger partial charge in [0, 0.05) is 0 Å². The Kier molecular flexibility index (Phi) is 1.65. The zero-order valence-electron chi connectivity index (χ0n) is 5.94. The topological polar surface area (TPSA) is 47.3 Å². The quantitative estimate of drug-likeness (QED) is 0.688. The summed E-state index contributed by atoms with van der Waals surface area (Å²) in [5.41, 5.74) is 1.12. The van der Waals surface area contributed by atoms with Gasteiger partial charge in [0.2, 0.25) is 0 Å². The van der Waals surface area contributed by atoms with Crippen LogP contribution in [0.1, 0.15) is 10.5 Å². The van der Waals surface area contributed by atoms with Crippen LogP contribution in [0.4, 0.5) is 0 Å². The van der Waals surface area contributed by atoms with Crippen LogP contribution in [0.15, 0.2) is 22.9 Å². The van der Waals surface area contributed by atoms with Crippen molar-refractivity contribution in [2.45, 2.75) is 0 Å². The standard InChI is InChI=1S/C7H4BrN3O/c8-6-1-2-7-9-3-5(4-12)11(7)10-6/h1-4H. The van der Waals surface area contributed by atoms with Crippen molar-refractivity contribution < 1.29 is 4.79 Å². The third-order valence-corrected chi connectivity index (χ3v) is 1.90. The second-order valence-electron chi connectivity index (χ2n) is 2.23. The molecule has 2 heterocycles. The summed E-state index contributed by atoms with van der Waals surface area (Å²) in [5, 5.41) is 4.05. The summed E-state index contributed by atoms with van der Waals surface area (Å²) in [7, 11) is 0. The SMILES string of the molecule is O=Cc1cnc2ccc(Br)nn12. The maximum atomic E-state index is 10.5. The molecule has 0 spiro atoms. The third kappa shape index (κ3) is 1.02. The number of aromatic nitrogens is 3. The molecule has 12 heavy (non-hydrogen) atoms. The maximum Gasteiger partial charge on any atom is 0.170 e. The lowest BCUT2D eigenvalue weighted by atomic mass is 10.5. The molecule has 4 nitrogen and oxygen atoms in total. The van der Waals surface area contributed by atoms with E-state index in [1.54, 1.807) is 12.1 Å². The van der Waals surface area contributed by atoms with Crippen LogP contribution in [-0.4, -0.2) is 20.9 Å². The zero-order valence-corrected chi connectivity index (χ0v) is 7.52. The minimum Gasteiger partial charge on any atom is -0.296 e. The largest absolute Gasteiger partial charge is 0.296 e. The van der Waals surface area contributed by atoms with E-state index < -0.39 is 0 Å². The summed E-state index contributed by atoms with van der Waals surface area (Å²) in [4.78, 5) is 14.5. The molecule has 0 N–H and O–H groups in total. The average Bonchev–Trinajstić information content (AvgIpc) is 2.46. The Morgan fingerprint density at radius 3 is 3.08 bits per heavy atom. The predicted octanol–water partition coefficient (Wildman–Crippen LogP) is 1.30. The highest BCUT2D eigenvalue weighted by Gasteiger charge is 2.02. The molecule has 0 atom stereocenters. The molecule has 0 aliphatic heterocycles. The van der Waals surface area contributed by atoms with E-state index in [1.165, 1.54) is 10.7 Å². The molecule has 0 aromatic carbocycles. The van der Waals surface area contributed by atoms with E-state index in [9.17, 15) is 4.79 Å². The van der Waals surface area contributed by atoms with E-state index in [1.807, 2.05) is 0 Å². The van der Waals surface area contributed by atoms with Crippen molar-refractivity contribution in [1.29, 1.82) is 0 Å². The highest BCUT2D eigenvalue weighted by Crippen LogP contribution is 2.08. The van der Waals surface area contributed by atoms with Crippen molar-refractivity contribution in [3.8, 4) is 0 Å². The Morgan fingerprint density at radius 1 is 1.50 bits per heavy atom. The van der Waals surface area contributed by atoms with Crippen molar-refractivity contribution in [1.82, 2.24) is 14.6 Å². The monoisotopic (exact) mass is 225 g/mol. The summed E-state index contributed by atoms with van der Waals surface area (Å²) in [6.07, 6.45) is 2.21. The van der Waals surface area contributed by atoms with Gasteiger partial charge in [-0.1, -0.05) is 0 Å². The molecule has 0 saturated carbocycles. The molecular formula is C7H4BrN3O. The van der Waals surface area contributed by atoms with E-state index in [0.29, 0.717) is 15.9 Å². The number of fused-ring (bicyclic) bond motifs is 1. The fourth-order valence-corrected chi connectivity index (χ4v) is 1.24. The number of hydrogen-bond donors (Lipinski definition) is 0. The molecule has 2 aromatic rings. The van der Waals surface area contributed by atoms with Gasteiger partial charge < -0.3 is 0 Å². The van der Waals surface area contributed by atoms with E-state index >= 15 is 0 Å². The van der Waals surface area contributed by atoms with Gasteiger partial charge in [0.25, 0.3) is 0 Å². The molecule has 0 amide bonds. The molecule has 0 aliphatic carbocycles. The predicted molar refractivity (Wildman–Crippen MR) is 46.1 cm³/mol. The molecule has 0 bridgehead atoms. The van der Waals surface area contributed by atoms with Crippen LogP contribution in [0.25, 0.3) is 5.65 Å². The molecule has 2 aromatic heterocycles. The Balaban J connectivity index is 2.83. The number of hydrogen-bond acceptors (Lipinski definition) is 3. The highest BCUT2D eigenvalue weighted by molar-refractivity contribution is 9.10. The van der Waals surface area contributed by atoms with Gasteiger partial charge in [0.15, 0.2) is 11.9 Å². The normalized spacial score (nSPS) is 10.4. The van der Waals surface area contributed by atoms with Crippen LogP contribution < -0.4 is 0 Å². The zero-order chi connectivity index (χ0) is 8.55. The van der Waals surface area contributed by atoms with Gasteiger partial charge in [-0.15, -0.1) is 0 Å². The van der Waals surface area contributed by atoms with Gasteiger partial charge in [-0.2, -0.15) is 5.10 Å². The van der Waals surface area contributed by atoms with Gasteiger partial charge in [-0.3, -0.25) is 4.79 Å². The van der Waals surface area contributed by atoms with E-state index in [0.717, 1.165) is 6.29 Å². The van der Waals surface area contributed by atoms with Crippen molar-refractivity contribution in [3.63, 3.8) is 0 Å². The fraction of sp³-hybridized carbons (Fsp3) is 0. The van der Waals surface area contributed by atoms with Crippen LogP contribution in [0.3, 0.4) is 0 Å². The minimum atomic E-state index is 0.450. The van der Waals surface area contributed by atoms with E-state index in [4.69, 9.17) is 0 Å². The summed E-state index contributed by atoms with van der Waals surface area (Å²) >= 11 is 3.20. The Labute approximate surface area is 76.4 Å². The van der Waals surface area contributed by atoms with Crippen molar-refractivity contribution in [3.05, 3.63) is 28.6 Å². The van der Waals surface area contributed by atoms with Gasteiger partial charge in [-0.05, 0) is 28.1 Å². The number of rotatable bonds is 1. The molecule has 5 heteroatoms. The van der Waals surface area contributed by atoms with Gasteiger partial charge >= 0.3 is 0 Å². The van der Waals surface area contributed by atoms with Crippen molar-refractivity contribution in [2.75, 3.05) is 0 Å². The molecule has 0 saturated heterocycles. The van der Waals surface area contributed by atoms with Crippen molar-refractivity contribution in [2.24, 2.45) is 0 Å². The number of imidazole rings is 1. The first-order chi connectivity index (χ1) is 5.81. The van der Waals surface area contributed by atoms with Crippen LogP contribution in [0, 0.1) is 0 Å². The number of aldehydes is 1. The number of halogens is 1. The lowest BCUT2D eigenvalue weighted by Gasteiger charge is -1.93. The lowest BCUT2D eigenvalue weighted by Crippen LogP contribution is -1.95. The third-order valence-electron chi connectivity index (χ3n) is 1.48. The first-order valence-electron chi connectivity index (χ1n) is 3.27. The highest BCUT2D eigenvalue weighted by atomic mass is 79.9. The fourth-order valence-electron chi connectivity index (χ4n) is 0.949. The van der Waals surface area contributed by atoms with E-state index in [2.05, 4.69) is 26.0 Å². The summed E-state index contributed by atoms with van der Waals surface area (Å²) in [5.74, 6) is 0. The maximum absolute atomic E-state index is 10.5. The van der Waals surface area contributed by atoms with Crippen molar-refractivity contribution >= 4 is 27.9 Å². The molecule has 0 unspecified atom stereocenters. The summed E-state index contributed by atoms with van der Waals surface area (Å²) in [6, 6.07) is 3.56. The minimum absolute atomic E-state index is 0.450. The molecular weight excluding hydrogens is 222 g/mol. The number of carbonyl (C=O) groups is 1. The number of carbonyl (C=O) groups excluding carboxylic acids is 1. The second kappa shape index (κ2) is 2.67. The summed E-state index contributed by atoms with van der Waals surface area (Å²) in [6.45, 7) is 0. The first kappa shape index (κ1) is 7.42. The molecule has 0 fully saturated rings. The summed E-state index contributed by atoms with van der Waals surface area (Å²) < 4.78 is 2.16.